The first-order valence-corrected chi connectivity index (χ1v) is 5.53. The second kappa shape index (κ2) is 6.35. The summed E-state index contributed by atoms with van der Waals surface area (Å²) in [5.74, 6) is -0.474. The average Bonchev–Trinajstić information content (AvgIpc) is 2.31. The van der Waals surface area contributed by atoms with E-state index >= 15 is 0 Å². The van der Waals surface area contributed by atoms with Gasteiger partial charge in [0, 0.05) is 12.5 Å². The zero-order valence-electron chi connectivity index (χ0n) is 10.4. The fourth-order valence-corrected chi connectivity index (χ4v) is 1.76. The summed E-state index contributed by atoms with van der Waals surface area (Å²) in [5, 5.41) is 0. The molecular weight excluding hydrogens is 221 g/mol. The molecule has 4 heteroatoms. The number of methoxy groups -OCH3 is 1. The molecule has 0 saturated carbocycles. The minimum absolute atomic E-state index is 0.0923. The van der Waals surface area contributed by atoms with Crippen LogP contribution in [0.5, 0.6) is 0 Å². The van der Waals surface area contributed by atoms with E-state index in [0.29, 0.717) is 12.8 Å². The number of esters is 1. The number of hydrogen-bond donors (Lipinski definition) is 0. The lowest BCUT2D eigenvalue weighted by molar-refractivity contribution is -0.141. The fraction of sp³-hybridized carbons (Fsp3) is 0.462. The second-order valence-electron chi connectivity index (χ2n) is 4.15. The maximum atomic E-state index is 12.8. The third kappa shape index (κ3) is 4.15. The van der Waals surface area contributed by atoms with E-state index < -0.39 is 0 Å². The standard InChI is InChI=1S/C13H18FNO2/c1-15(2)12(8-9-13(16)17-3)10-4-6-11(14)7-5-10/h4-7,12H,8-9H2,1-3H3. The van der Waals surface area contributed by atoms with Crippen LogP contribution in [0.15, 0.2) is 24.3 Å². The number of hydrogen-bond acceptors (Lipinski definition) is 3. The van der Waals surface area contributed by atoms with Crippen LogP contribution in [-0.4, -0.2) is 32.1 Å². The molecule has 1 aromatic rings. The molecule has 0 heterocycles. The van der Waals surface area contributed by atoms with E-state index in [-0.39, 0.29) is 17.8 Å². The van der Waals surface area contributed by atoms with Crippen molar-refractivity contribution in [2.75, 3.05) is 21.2 Å². The molecule has 0 fully saturated rings. The van der Waals surface area contributed by atoms with Crippen LogP contribution in [0.2, 0.25) is 0 Å². The maximum absolute atomic E-state index is 12.8. The topological polar surface area (TPSA) is 29.5 Å². The molecule has 0 spiro atoms. The van der Waals surface area contributed by atoms with Crippen LogP contribution in [0, 0.1) is 5.82 Å². The minimum atomic E-state index is -0.251. The molecule has 94 valence electrons. The number of carbonyl (C=O) groups excluding carboxylic acids is 1. The zero-order valence-corrected chi connectivity index (χ0v) is 10.4. The summed E-state index contributed by atoms with van der Waals surface area (Å²) in [7, 11) is 5.25. The van der Waals surface area contributed by atoms with Gasteiger partial charge >= 0.3 is 5.97 Å². The lowest BCUT2D eigenvalue weighted by Gasteiger charge is -2.24. The van der Waals surface area contributed by atoms with Gasteiger partial charge in [0.05, 0.1) is 7.11 Å². The summed E-state index contributed by atoms with van der Waals surface area (Å²) in [6.07, 6.45) is 1.02. The quantitative estimate of drug-likeness (QED) is 0.739. The Bertz CT molecular complexity index is 362. The SMILES string of the molecule is COC(=O)CCC(c1ccc(F)cc1)N(C)C. The molecule has 0 aromatic heterocycles. The number of nitrogens with zero attached hydrogens (tertiary/aromatic N) is 1. The van der Waals surface area contributed by atoms with Gasteiger partial charge in [-0.2, -0.15) is 0 Å². The summed E-state index contributed by atoms with van der Waals surface area (Å²) in [5.41, 5.74) is 1.00. The summed E-state index contributed by atoms with van der Waals surface area (Å²) in [6, 6.07) is 6.46. The van der Waals surface area contributed by atoms with Gasteiger partial charge in [-0.05, 0) is 38.2 Å². The van der Waals surface area contributed by atoms with Gasteiger partial charge in [-0.3, -0.25) is 4.79 Å². The van der Waals surface area contributed by atoms with Crippen LogP contribution in [0.3, 0.4) is 0 Å². The molecule has 0 radical (unpaired) electrons. The first-order valence-electron chi connectivity index (χ1n) is 5.53. The molecular formula is C13H18FNO2. The summed E-state index contributed by atoms with van der Waals surface area (Å²) < 4.78 is 17.5. The number of rotatable bonds is 5. The molecule has 0 saturated heterocycles. The van der Waals surface area contributed by atoms with Gasteiger partial charge in [-0.15, -0.1) is 0 Å². The molecule has 1 aromatic carbocycles. The smallest absolute Gasteiger partial charge is 0.305 e. The van der Waals surface area contributed by atoms with Gasteiger partial charge in [0.25, 0.3) is 0 Å². The van der Waals surface area contributed by atoms with Crippen molar-refractivity contribution in [1.82, 2.24) is 4.90 Å². The van der Waals surface area contributed by atoms with Crippen molar-refractivity contribution in [1.29, 1.82) is 0 Å². The Hall–Kier alpha value is -1.42. The number of carbonyl (C=O) groups is 1. The minimum Gasteiger partial charge on any atom is -0.469 e. The van der Waals surface area contributed by atoms with Crippen LogP contribution < -0.4 is 0 Å². The highest BCUT2D eigenvalue weighted by molar-refractivity contribution is 5.69. The van der Waals surface area contributed by atoms with E-state index in [1.165, 1.54) is 19.2 Å². The van der Waals surface area contributed by atoms with Crippen molar-refractivity contribution in [3.63, 3.8) is 0 Å². The van der Waals surface area contributed by atoms with Crippen LogP contribution in [0.4, 0.5) is 4.39 Å². The highest BCUT2D eigenvalue weighted by atomic mass is 19.1. The summed E-state index contributed by atoms with van der Waals surface area (Å²) >= 11 is 0. The second-order valence-corrected chi connectivity index (χ2v) is 4.15. The third-order valence-corrected chi connectivity index (χ3v) is 2.73. The van der Waals surface area contributed by atoms with Crippen LogP contribution in [0.25, 0.3) is 0 Å². The molecule has 1 rings (SSSR count). The van der Waals surface area contributed by atoms with Crippen molar-refractivity contribution in [3.05, 3.63) is 35.6 Å². The molecule has 1 unspecified atom stereocenters. The molecule has 0 aliphatic carbocycles. The van der Waals surface area contributed by atoms with Crippen molar-refractivity contribution in [2.45, 2.75) is 18.9 Å². The van der Waals surface area contributed by atoms with Gasteiger partial charge in [-0.25, -0.2) is 4.39 Å². The van der Waals surface area contributed by atoms with Crippen molar-refractivity contribution in [3.8, 4) is 0 Å². The first kappa shape index (κ1) is 13.6. The predicted molar refractivity (Wildman–Crippen MR) is 64.1 cm³/mol. The van der Waals surface area contributed by atoms with E-state index in [1.807, 2.05) is 19.0 Å². The Balaban J connectivity index is 2.72. The van der Waals surface area contributed by atoms with Gasteiger partial charge < -0.3 is 9.64 Å². The summed E-state index contributed by atoms with van der Waals surface area (Å²) in [6.45, 7) is 0. The molecule has 0 N–H and O–H groups in total. The Kier molecular flexibility index (Phi) is 5.10. The van der Waals surface area contributed by atoms with Gasteiger partial charge in [0.15, 0.2) is 0 Å². The molecule has 1 atom stereocenters. The van der Waals surface area contributed by atoms with E-state index in [1.54, 1.807) is 12.1 Å². The lowest BCUT2D eigenvalue weighted by atomic mass is 10.0. The molecule has 0 amide bonds. The van der Waals surface area contributed by atoms with E-state index in [4.69, 9.17) is 0 Å². The highest BCUT2D eigenvalue weighted by Gasteiger charge is 2.15. The molecule has 17 heavy (non-hydrogen) atoms. The largest absolute Gasteiger partial charge is 0.469 e. The van der Waals surface area contributed by atoms with E-state index in [2.05, 4.69) is 4.74 Å². The van der Waals surface area contributed by atoms with Crippen LogP contribution >= 0.6 is 0 Å². The highest BCUT2D eigenvalue weighted by Crippen LogP contribution is 2.23. The fourth-order valence-electron chi connectivity index (χ4n) is 1.76. The maximum Gasteiger partial charge on any atom is 0.305 e. The first-order chi connectivity index (χ1) is 8.04. The Morgan fingerprint density at radius 1 is 1.35 bits per heavy atom. The van der Waals surface area contributed by atoms with Gasteiger partial charge in [-0.1, -0.05) is 12.1 Å². The van der Waals surface area contributed by atoms with Gasteiger partial charge in [0.1, 0.15) is 5.82 Å². The third-order valence-electron chi connectivity index (χ3n) is 2.73. The molecule has 3 nitrogen and oxygen atoms in total. The predicted octanol–water partition coefficient (Wildman–Crippen LogP) is 2.38. The van der Waals surface area contributed by atoms with Crippen LogP contribution in [0.1, 0.15) is 24.4 Å². The Morgan fingerprint density at radius 3 is 2.41 bits per heavy atom. The Labute approximate surface area is 101 Å². The van der Waals surface area contributed by atoms with Gasteiger partial charge in [0.2, 0.25) is 0 Å². The van der Waals surface area contributed by atoms with Crippen molar-refractivity contribution >= 4 is 5.97 Å². The van der Waals surface area contributed by atoms with Crippen molar-refractivity contribution < 1.29 is 13.9 Å². The zero-order chi connectivity index (χ0) is 12.8. The monoisotopic (exact) mass is 239 g/mol. The lowest BCUT2D eigenvalue weighted by Crippen LogP contribution is -2.21. The number of benzene rings is 1. The van der Waals surface area contributed by atoms with Crippen molar-refractivity contribution in [2.24, 2.45) is 0 Å². The molecule has 0 aliphatic heterocycles. The average molecular weight is 239 g/mol. The Morgan fingerprint density at radius 2 is 1.94 bits per heavy atom. The van der Waals surface area contributed by atoms with E-state index in [9.17, 15) is 9.18 Å². The summed E-state index contributed by atoms with van der Waals surface area (Å²) in [4.78, 5) is 13.1. The number of halogens is 1. The van der Waals surface area contributed by atoms with Crippen LogP contribution in [-0.2, 0) is 9.53 Å². The normalized spacial score (nSPS) is 12.5. The van der Waals surface area contributed by atoms with E-state index in [0.717, 1.165) is 5.56 Å². The molecule has 0 bridgehead atoms. The molecule has 0 aliphatic rings. The number of ether oxygens (including phenoxy) is 1.